The van der Waals surface area contributed by atoms with Gasteiger partial charge in [0, 0.05) is 13.1 Å². The van der Waals surface area contributed by atoms with E-state index in [0.29, 0.717) is 18.2 Å². The molecule has 1 aliphatic rings. The van der Waals surface area contributed by atoms with Gasteiger partial charge in [-0.2, -0.15) is 0 Å². The summed E-state index contributed by atoms with van der Waals surface area (Å²) in [4.78, 5) is 17.0. The van der Waals surface area contributed by atoms with Gasteiger partial charge in [-0.15, -0.1) is 0 Å². The minimum atomic E-state index is -0.964. The summed E-state index contributed by atoms with van der Waals surface area (Å²) in [6.07, 6.45) is 1.12. The molecular weight excluding hydrogens is 244 g/mol. The van der Waals surface area contributed by atoms with Gasteiger partial charge >= 0.3 is 5.97 Å². The Balaban J connectivity index is 2.12. The molecule has 1 aromatic heterocycles. The molecule has 0 bridgehead atoms. The van der Waals surface area contributed by atoms with Crippen molar-refractivity contribution < 1.29 is 19.7 Å². The van der Waals surface area contributed by atoms with Gasteiger partial charge < -0.3 is 19.8 Å². The fourth-order valence-corrected chi connectivity index (χ4v) is 2.59. The van der Waals surface area contributed by atoms with Crippen molar-refractivity contribution in [3.05, 3.63) is 11.1 Å². The van der Waals surface area contributed by atoms with Crippen LogP contribution < -0.4 is 4.90 Å². The number of aliphatic hydroxyl groups excluding tert-OH is 1. The van der Waals surface area contributed by atoms with E-state index < -0.39 is 5.97 Å². The Hall–Kier alpha value is -1.18. The topological polar surface area (TPSA) is 82.9 Å². The molecule has 2 N–H and O–H groups in total. The lowest BCUT2D eigenvalue weighted by atomic mass is 10.2. The van der Waals surface area contributed by atoms with Gasteiger partial charge in [0.25, 0.3) is 0 Å². The maximum absolute atomic E-state index is 10.8. The molecule has 2 unspecified atom stereocenters. The fraction of sp³-hybridized carbons (Fsp3) is 0.600. The highest BCUT2D eigenvalue weighted by Gasteiger charge is 2.26. The number of carbonyl (C=O) groups is 1. The molecule has 1 aromatic rings. The van der Waals surface area contributed by atoms with E-state index in [9.17, 15) is 4.79 Å². The molecule has 6 nitrogen and oxygen atoms in total. The van der Waals surface area contributed by atoms with Crippen molar-refractivity contribution in [1.29, 1.82) is 0 Å². The largest absolute Gasteiger partial charge is 0.477 e. The number of rotatable bonds is 3. The Morgan fingerprint density at radius 2 is 2.47 bits per heavy atom. The van der Waals surface area contributed by atoms with Crippen LogP contribution in [0.3, 0.4) is 0 Å². The highest BCUT2D eigenvalue weighted by atomic mass is 32.1. The second-order valence-corrected chi connectivity index (χ2v) is 4.98. The van der Waals surface area contributed by atoms with Crippen LogP contribution in [0.5, 0.6) is 0 Å². The first-order valence-corrected chi connectivity index (χ1v) is 6.12. The number of anilines is 1. The van der Waals surface area contributed by atoms with Gasteiger partial charge in [-0.3, -0.25) is 0 Å². The van der Waals surface area contributed by atoms with Crippen molar-refractivity contribution in [2.24, 2.45) is 0 Å². The van der Waals surface area contributed by atoms with Gasteiger partial charge in [0.2, 0.25) is 0 Å². The molecule has 94 valence electrons. The summed E-state index contributed by atoms with van der Waals surface area (Å²) in [6.45, 7) is 3.06. The third-order valence-corrected chi connectivity index (χ3v) is 3.55. The van der Waals surface area contributed by atoms with E-state index in [-0.39, 0.29) is 23.7 Å². The number of carboxylic acid groups (broad SMARTS) is 1. The molecule has 1 saturated heterocycles. The number of hydrogen-bond acceptors (Lipinski definition) is 6. The van der Waals surface area contributed by atoms with Crippen molar-refractivity contribution in [1.82, 2.24) is 4.98 Å². The molecule has 17 heavy (non-hydrogen) atoms. The minimum Gasteiger partial charge on any atom is -0.477 e. The average Bonchev–Trinajstić information content (AvgIpc) is 2.77. The van der Waals surface area contributed by atoms with Gasteiger partial charge in [-0.05, 0) is 6.92 Å². The van der Waals surface area contributed by atoms with Gasteiger partial charge in [0.1, 0.15) is 4.88 Å². The van der Waals surface area contributed by atoms with Crippen molar-refractivity contribution in [2.75, 3.05) is 24.6 Å². The monoisotopic (exact) mass is 258 g/mol. The molecule has 2 atom stereocenters. The predicted octanol–water partition coefficient (Wildman–Crippen LogP) is 0.427. The Morgan fingerprint density at radius 1 is 1.71 bits per heavy atom. The average molecular weight is 258 g/mol. The Bertz CT molecular complexity index is 409. The molecule has 0 saturated carbocycles. The van der Waals surface area contributed by atoms with E-state index in [1.165, 1.54) is 6.20 Å². The Labute approximate surface area is 102 Å². The number of morpholine rings is 1. The van der Waals surface area contributed by atoms with Crippen LogP contribution in [0, 0.1) is 0 Å². The number of nitrogens with zero attached hydrogens (tertiary/aromatic N) is 2. The SMILES string of the molecule is CC1CN(c2ncc(C(=O)O)s2)CC(CO)O1. The molecule has 1 aliphatic heterocycles. The quantitative estimate of drug-likeness (QED) is 0.818. The maximum Gasteiger partial charge on any atom is 0.347 e. The van der Waals surface area contributed by atoms with Crippen molar-refractivity contribution >= 4 is 22.4 Å². The van der Waals surface area contributed by atoms with Crippen molar-refractivity contribution in [2.45, 2.75) is 19.1 Å². The number of aromatic nitrogens is 1. The first-order chi connectivity index (χ1) is 8.10. The molecular formula is C10H14N2O4S. The standard InChI is InChI=1S/C10H14N2O4S/c1-6-3-12(4-7(5-13)16-6)10-11-2-8(17-10)9(14)15/h2,6-7,13H,3-5H2,1H3,(H,14,15). The first kappa shape index (κ1) is 12.3. The van der Waals surface area contributed by atoms with Crippen LogP contribution in [0.2, 0.25) is 0 Å². The molecule has 0 radical (unpaired) electrons. The summed E-state index contributed by atoms with van der Waals surface area (Å²) < 4.78 is 5.51. The summed E-state index contributed by atoms with van der Waals surface area (Å²) in [6, 6.07) is 0. The van der Waals surface area contributed by atoms with E-state index in [1.54, 1.807) is 0 Å². The molecule has 2 heterocycles. The van der Waals surface area contributed by atoms with Crippen LogP contribution in [-0.4, -0.2) is 53.1 Å². The molecule has 1 fully saturated rings. The van der Waals surface area contributed by atoms with Crippen LogP contribution >= 0.6 is 11.3 Å². The number of aliphatic hydroxyl groups is 1. The second kappa shape index (κ2) is 4.99. The van der Waals surface area contributed by atoms with E-state index in [0.717, 1.165) is 11.3 Å². The molecule has 7 heteroatoms. The van der Waals surface area contributed by atoms with Gasteiger partial charge in [0.05, 0.1) is 25.0 Å². The normalized spacial score (nSPS) is 24.9. The number of hydrogen-bond donors (Lipinski definition) is 2. The van der Waals surface area contributed by atoms with Crippen molar-refractivity contribution in [3.63, 3.8) is 0 Å². The van der Waals surface area contributed by atoms with E-state index in [1.807, 2.05) is 11.8 Å². The summed E-state index contributed by atoms with van der Waals surface area (Å²) >= 11 is 1.14. The summed E-state index contributed by atoms with van der Waals surface area (Å²) in [5, 5.41) is 18.6. The number of thiazole rings is 1. The van der Waals surface area contributed by atoms with Gasteiger partial charge in [0.15, 0.2) is 5.13 Å². The van der Waals surface area contributed by atoms with Gasteiger partial charge in [-0.1, -0.05) is 11.3 Å². The van der Waals surface area contributed by atoms with E-state index in [4.69, 9.17) is 14.9 Å². The summed E-state index contributed by atoms with van der Waals surface area (Å²) in [7, 11) is 0. The lowest BCUT2D eigenvalue weighted by molar-refractivity contribution is -0.0421. The van der Waals surface area contributed by atoms with Crippen LogP contribution in [-0.2, 0) is 4.74 Å². The van der Waals surface area contributed by atoms with Crippen LogP contribution in [0.1, 0.15) is 16.6 Å². The zero-order chi connectivity index (χ0) is 12.4. The van der Waals surface area contributed by atoms with Crippen LogP contribution in [0.4, 0.5) is 5.13 Å². The van der Waals surface area contributed by atoms with Crippen LogP contribution in [0.25, 0.3) is 0 Å². The van der Waals surface area contributed by atoms with E-state index >= 15 is 0 Å². The minimum absolute atomic E-state index is 0.00178. The van der Waals surface area contributed by atoms with Crippen LogP contribution in [0.15, 0.2) is 6.20 Å². The zero-order valence-corrected chi connectivity index (χ0v) is 10.2. The molecule has 0 amide bonds. The lowest BCUT2D eigenvalue weighted by Crippen LogP contribution is -2.48. The second-order valence-electron chi connectivity index (χ2n) is 3.97. The summed E-state index contributed by atoms with van der Waals surface area (Å²) in [5.74, 6) is -0.964. The highest BCUT2D eigenvalue weighted by molar-refractivity contribution is 7.17. The fourth-order valence-electron chi connectivity index (χ4n) is 1.81. The molecule has 2 rings (SSSR count). The third kappa shape index (κ3) is 2.74. The Morgan fingerprint density at radius 3 is 3.06 bits per heavy atom. The number of ether oxygens (including phenoxy) is 1. The lowest BCUT2D eigenvalue weighted by Gasteiger charge is -2.35. The van der Waals surface area contributed by atoms with E-state index in [2.05, 4.69) is 4.98 Å². The molecule has 0 aromatic carbocycles. The molecule has 0 spiro atoms. The van der Waals surface area contributed by atoms with Gasteiger partial charge in [-0.25, -0.2) is 9.78 Å². The smallest absolute Gasteiger partial charge is 0.347 e. The highest BCUT2D eigenvalue weighted by Crippen LogP contribution is 2.25. The Kier molecular flexibility index (Phi) is 3.60. The first-order valence-electron chi connectivity index (χ1n) is 5.30. The number of aromatic carboxylic acids is 1. The van der Waals surface area contributed by atoms with Crippen molar-refractivity contribution in [3.8, 4) is 0 Å². The number of carboxylic acids is 1. The maximum atomic E-state index is 10.8. The zero-order valence-electron chi connectivity index (χ0n) is 9.37. The summed E-state index contributed by atoms with van der Waals surface area (Å²) in [5.41, 5.74) is 0. The predicted molar refractivity (Wildman–Crippen MR) is 62.7 cm³/mol. The third-order valence-electron chi connectivity index (χ3n) is 2.50. The molecule has 0 aliphatic carbocycles.